The summed E-state index contributed by atoms with van der Waals surface area (Å²) in [5.74, 6) is -2.03. The minimum atomic E-state index is -0.678. The first-order valence-corrected chi connectivity index (χ1v) is 28.3. The Labute approximate surface area is 413 Å². The Balaban J connectivity index is -0.000000426. The van der Waals surface area contributed by atoms with Crippen LogP contribution in [0.15, 0.2) is 0 Å². The van der Waals surface area contributed by atoms with Crippen molar-refractivity contribution in [1.29, 1.82) is 0 Å². The molecule has 11 nitrogen and oxygen atoms in total. The van der Waals surface area contributed by atoms with E-state index in [4.69, 9.17) is 25.5 Å². The Morgan fingerprint density at radius 3 is 0.567 bits per heavy atom. The van der Waals surface area contributed by atoms with Gasteiger partial charge in [-0.25, -0.2) is 0 Å². The summed E-state index contributed by atoms with van der Waals surface area (Å²) in [6.07, 6.45) is 48.8. The van der Waals surface area contributed by atoms with E-state index in [1.165, 1.54) is 154 Å². The summed E-state index contributed by atoms with van der Waals surface area (Å²) < 4.78 is 0. The van der Waals surface area contributed by atoms with Crippen molar-refractivity contribution in [3.8, 4) is 0 Å². The molecule has 0 saturated heterocycles. The largest absolute Gasteiger partial charge is 0.481 e. The van der Waals surface area contributed by atoms with Gasteiger partial charge in [-0.1, -0.05) is 233 Å². The maximum Gasteiger partial charge on any atom is 0.303 e. The fourth-order valence-corrected chi connectivity index (χ4v) is 8.00. The second-order valence-corrected chi connectivity index (χ2v) is 19.2. The highest BCUT2D eigenvalue weighted by atomic mass is 16.4. The van der Waals surface area contributed by atoms with Crippen LogP contribution >= 0.6 is 0 Å². The van der Waals surface area contributed by atoms with Gasteiger partial charge in [0.05, 0.1) is 31.5 Å². The molecule has 0 rings (SSSR count). The molecule has 8 N–H and O–H groups in total. The Bertz CT molecular complexity index is 834. The first-order valence-electron chi connectivity index (χ1n) is 28.3. The van der Waals surface area contributed by atoms with Crippen molar-refractivity contribution in [2.75, 3.05) is 13.2 Å². The number of unbranched alkanes of at least 4 members (excludes halogenated alkanes) is 30. The first kappa shape index (κ1) is 71.8. The number of rotatable bonds is 49. The number of carboxylic acids is 3. The SMILES string of the molecule is CCCCCCC(O)CCCCCCCCCCC(=O)O.CCCCCCC(O)CCCCCCCCCCC(=O)O.CCCCCCC(O)CCCCCCCCCCC(=O)O.OCCO. The van der Waals surface area contributed by atoms with Crippen molar-refractivity contribution in [2.24, 2.45) is 0 Å². The number of aliphatic hydroxyl groups is 5. The second kappa shape index (κ2) is 64.2. The quantitative estimate of drug-likeness (QED) is 0.0269. The lowest BCUT2D eigenvalue weighted by molar-refractivity contribution is -0.138. The van der Waals surface area contributed by atoms with E-state index < -0.39 is 17.9 Å². The third-order valence-corrected chi connectivity index (χ3v) is 12.3. The van der Waals surface area contributed by atoms with Crippen LogP contribution in [0.5, 0.6) is 0 Å². The third kappa shape index (κ3) is 78.6. The summed E-state index contributed by atoms with van der Waals surface area (Å²) in [4.78, 5) is 31.0. The highest BCUT2D eigenvalue weighted by Crippen LogP contribution is 2.17. The van der Waals surface area contributed by atoms with Crippen LogP contribution in [0.2, 0.25) is 0 Å². The van der Waals surface area contributed by atoms with Gasteiger partial charge in [0.15, 0.2) is 0 Å². The van der Waals surface area contributed by atoms with Crippen molar-refractivity contribution >= 4 is 17.9 Å². The molecule has 0 aromatic rings. The summed E-state index contributed by atoms with van der Waals surface area (Å²) in [5.41, 5.74) is 0. The zero-order valence-electron chi connectivity index (χ0n) is 44.3. The van der Waals surface area contributed by atoms with Crippen molar-refractivity contribution in [1.82, 2.24) is 0 Å². The minimum absolute atomic E-state index is 0.0853. The molecule has 11 heteroatoms. The molecule has 404 valence electrons. The van der Waals surface area contributed by atoms with Gasteiger partial charge in [0, 0.05) is 19.3 Å². The zero-order chi connectivity index (χ0) is 50.7. The van der Waals surface area contributed by atoms with E-state index >= 15 is 0 Å². The summed E-state index contributed by atoms with van der Waals surface area (Å²) in [6.45, 7) is 6.38. The van der Waals surface area contributed by atoms with Crippen LogP contribution in [0, 0.1) is 0 Å². The molecule has 0 aliphatic rings. The van der Waals surface area contributed by atoms with Gasteiger partial charge < -0.3 is 40.9 Å². The van der Waals surface area contributed by atoms with E-state index in [2.05, 4.69) is 20.8 Å². The van der Waals surface area contributed by atoms with E-state index in [0.717, 1.165) is 116 Å². The van der Waals surface area contributed by atoms with Crippen molar-refractivity contribution in [3.63, 3.8) is 0 Å². The average molecular weight is 964 g/mol. The molecule has 0 aromatic heterocycles. The van der Waals surface area contributed by atoms with Gasteiger partial charge in [0.25, 0.3) is 0 Å². The van der Waals surface area contributed by atoms with E-state index in [9.17, 15) is 29.7 Å². The standard InChI is InChI=1S/3C18H36O3.C2H6O2/c3*1-2-3-4-11-14-17(19)15-12-9-7-5-6-8-10-13-16-18(20)21;3-1-2-4/h3*17,19H,2-16H2,1H3,(H,20,21);3-4H,1-2H2. The molecule has 0 heterocycles. The summed E-state index contributed by atoms with van der Waals surface area (Å²) >= 11 is 0. The van der Waals surface area contributed by atoms with Gasteiger partial charge in [-0.2, -0.15) is 0 Å². The number of carboxylic acid groups (broad SMARTS) is 3. The van der Waals surface area contributed by atoms with Gasteiger partial charge in [0.2, 0.25) is 0 Å². The molecule has 0 bridgehead atoms. The molecule has 0 aliphatic heterocycles. The molecule has 0 fully saturated rings. The molecule has 3 atom stereocenters. The van der Waals surface area contributed by atoms with Crippen LogP contribution in [0.3, 0.4) is 0 Å². The molecular formula is C56H114O11. The van der Waals surface area contributed by atoms with E-state index in [1.807, 2.05) is 0 Å². The Hall–Kier alpha value is -1.79. The molecule has 0 radical (unpaired) electrons. The van der Waals surface area contributed by atoms with E-state index in [-0.39, 0.29) is 31.5 Å². The van der Waals surface area contributed by atoms with Crippen LogP contribution in [0.25, 0.3) is 0 Å². The Morgan fingerprint density at radius 1 is 0.269 bits per heavy atom. The lowest BCUT2D eigenvalue weighted by Crippen LogP contribution is -2.05. The molecule has 0 aliphatic carbocycles. The van der Waals surface area contributed by atoms with Gasteiger partial charge in [-0.15, -0.1) is 0 Å². The molecule has 0 saturated carbocycles. The van der Waals surface area contributed by atoms with E-state index in [1.54, 1.807) is 0 Å². The summed E-state index contributed by atoms with van der Waals surface area (Å²) in [7, 11) is 0. The Kier molecular flexibility index (Phi) is 68.8. The summed E-state index contributed by atoms with van der Waals surface area (Å²) in [5, 5.41) is 70.3. The molecule has 67 heavy (non-hydrogen) atoms. The molecular weight excluding hydrogens is 849 g/mol. The molecule has 3 unspecified atom stereocenters. The third-order valence-electron chi connectivity index (χ3n) is 12.3. The van der Waals surface area contributed by atoms with Crippen molar-refractivity contribution in [2.45, 2.75) is 328 Å². The fourth-order valence-electron chi connectivity index (χ4n) is 8.00. The average Bonchev–Trinajstić information content (AvgIpc) is 3.30. The Morgan fingerprint density at radius 2 is 0.418 bits per heavy atom. The predicted molar refractivity (Wildman–Crippen MR) is 280 cm³/mol. The summed E-state index contributed by atoms with van der Waals surface area (Å²) in [6, 6.07) is 0. The van der Waals surface area contributed by atoms with Crippen LogP contribution < -0.4 is 0 Å². The van der Waals surface area contributed by atoms with Crippen LogP contribution in [-0.4, -0.2) is 90.3 Å². The predicted octanol–water partition coefficient (Wildman–Crippen LogP) is 14.9. The number of aliphatic hydroxyl groups excluding tert-OH is 5. The highest BCUT2D eigenvalue weighted by molar-refractivity contribution is 5.67. The zero-order valence-corrected chi connectivity index (χ0v) is 44.3. The fraction of sp³-hybridized carbons (Fsp3) is 0.946. The van der Waals surface area contributed by atoms with E-state index in [0.29, 0.717) is 19.3 Å². The lowest BCUT2D eigenvalue weighted by atomic mass is 10.0. The van der Waals surface area contributed by atoms with Crippen LogP contribution in [0.1, 0.15) is 310 Å². The maximum atomic E-state index is 10.3. The number of aliphatic carboxylic acids is 3. The molecule has 0 amide bonds. The van der Waals surface area contributed by atoms with Gasteiger partial charge in [-0.05, 0) is 57.8 Å². The monoisotopic (exact) mass is 963 g/mol. The second-order valence-electron chi connectivity index (χ2n) is 19.2. The highest BCUT2D eigenvalue weighted by Gasteiger charge is 2.06. The van der Waals surface area contributed by atoms with Crippen molar-refractivity contribution < 1.29 is 55.2 Å². The first-order chi connectivity index (χ1) is 32.4. The van der Waals surface area contributed by atoms with Gasteiger partial charge >= 0.3 is 17.9 Å². The molecule has 0 aromatic carbocycles. The number of carbonyl (C=O) groups is 3. The smallest absolute Gasteiger partial charge is 0.303 e. The maximum absolute atomic E-state index is 10.3. The van der Waals surface area contributed by atoms with Crippen molar-refractivity contribution in [3.05, 3.63) is 0 Å². The topological polar surface area (TPSA) is 213 Å². The number of hydrogen-bond acceptors (Lipinski definition) is 8. The normalized spacial score (nSPS) is 12.2. The van der Waals surface area contributed by atoms with Gasteiger partial charge in [-0.3, -0.25) is 14.4 Å². The lowest BCUT2D eigenvalue weighted by Gasteiger charge is -2.10. The van der Waals surface area contributed by atoms with Crippen LogP contribution in [0.4, 0.5) is 0 Å². The molecule has 0 spiro atoms. The van der Waals surface area contributed by atoms with Gasteiger partial charge in [0.1, 0.15) is 0 Å². The number of hydrogen-bond donors (Lipinski definition) is 8. The minimum Gasteiger partial charge on any atom is -0.481 e. The van der Waals surface area contributed by atoms with Crippen LogP contribution in [-0.2, 0) is 14.4 Å².